The SMILES string of the molecule is N#CC1(C(=O)N2CCCC[C@@H]2c2nc3ccc(F)cc3[nH]2)CCOCC1. The van der Waals surface area contributed by atoms with Crippen LogP contribution in [0.5, 0.6) is 0 Å². The Labute approximate surface area is 151 Å². The van der Waals surface area contributed by atoms with E-state index in [1.54, 1.807) is 11.0 Å². The van der Waals surface area contributed by atoms with Gasteiger partial charge in [0.25, 0.3) is 0 Å². The molecule has 26 heavy (non-hydrogen) atoms. The minimum absolute atomic E-state index is 0.125. The summed E-state index contributed by atoms with van der Waals surface area (Å²) in [5.74, 6) is 0.216. The molecule has 136 valence electrons. The first kappa shape index (κ1) is 17.0. The first-order chi connectivity index (χ1) is 12.6. The lowest BCUT2D eigenvalue weighted by Crippen LogP contribution is -2.49. The van der Waals surface area contributed by atoms with E-state index in [2.05, 4.69) is 16.0 Å². The van der Waals surface area contributed by atoms with Gasteiger partial charge >= 0.3 is 0 Å². The number of ether oxygens (including phenoxy) is 1. The smallest absolute Gasteiger partial charge is 0.243 e. The van der Waals surface area contributed by atoms with E-state index in [9.17, 15) is 14.4 Å². The van der Waals surface area contributed by atoms with Crippen LogP contribution in [0.2, 0.25) is 0 Å². The summed E-state index contributed by atoms with van der Waals surface area (Å²) in [6.07, 6.45) is 3.54. The number of likely N-dealkylation sites (tertiary alicyclic amines) is 1. The third-order valence-electron chi connectivity index (χ3n) is 5.51. The Morgan fingerprint density at radius 1 is 1.38 bits per heavy atom. The number of carbonyl (C=O) groups is 1. The van der Waals surface area contributed by atoms with Crippen LogP contribution in [0.15, 0.2) is 18.2 Å². The first-order valence-corrected chi connectivity index (χ1v) is 9.08. The summed E-state index contributed by atoms with van der Waals surface area (Å²) in [4.78, 5) is 22.9. The highest BCUT2D eigenvalue weighted by Gasteiger charge is 2.45. The van der Waals surface area contributed by atoms with Crippen molar-refractivity contribution in [3.8, 4) is 6.07 Å². The fourth-order valence-corrected chi connectivity index (χ4v) is 3.99. The van der Waals surface area contributed by atoms with E-state index < -0.39 is 5.41 Å². The maximum atomic E-state index is 13.5. The number of nitriles is 1. The second kappa shape index (κ2) is 6.69. The summed E-state index contributed by atoms with van der Waals surface area (Å²) in [5, 5.41) is 9.73. The lowest BCUT2D eigenvalue weighted by Gasteiger charge is -2.40. The standard InChI is InChI=1S/C19H21FN4O2/c20-13-4-5-14-15(11-13)23-17(22-14)16-3-1-2-8-24(16)18(25)19(12-21)6-9-26-10-7-19/h4-5,11,16H,1-3,6-10H2,(H,22,23)/t16-/m1/s1. The Balaban J connectivity index is 1.67. The zero-order valence-electron chi connectivity index (χ0n) is 14.5. The molecule has 1 aromatic carbocycles. The average molecular weight is 356 g/mol. The highest BCUT2D eigenvalue weighted by Crippen LogP contribution is 2.38. The van der Waals surface area contributed by atoms with Crippen molar-refractivity contribution in [2.75, 3.05) is 19.8 Å². The quantitative estimate of drug-likeness (QED) is 0.896. The predicted octanol–water partition coefficient (Wildman–Crippen LogP) is 3.08. The number of aromatic nitrogens is 2. The molecule has 1 atom stereocenters. The van der Waals surface area contributed by atoms with Crippen LogP contribution < -0.4 is 0 Å². The molecule has 2 aromatic rings. The number of H-pyrrole nitrogens is 1. The van der Waals surface area contributed by atoms with Gasteiger partial charge < -0.3 is 14.6 Å². The number of imidazole rings is 1. The van der Waals surface area contributed by atoms with Crippen molar-refractivity contribution in [1.82, 2.24) is 14.9 Å². The molecule has 2 saturated heterocycles. The molecular weight excluding hydrogens is 335 g/mol. The lowest BCUT2D eigenvalue weighted by molar-refractivity contribution is -0.147. The van der Waals surface area contributed by atoms with E-state index in [1.165, 1.54) is 12.1 Å². The summed E-state index contributed by atoms with van der Waals surface area (Å²) in [6, 6.07) is 6.49. The van der Waals surface area contributed by atoms with Crippen molar-refractivity contribution in [1.29, 1.82) is 5.26 Å². The molecule has 1 amide bonds. The van der Waals surface area contributed by atoms with E-state index in [0.29, 0.717) is 49.5 Å². The van der Waals surface area contributed by atoms with Crippen molar-refractivity contribution in [3.05, 3.63) is 29.8 Å². The summed E-state index contributed by atoms with van der Waals surface area (Å²) in [7, 11) is 0. The molecule has 0 radical (unpaired) electrons. The van der Waals surface area contributed by atoms with Crippen molar-refractivity contribution in [2.24, 2.45) is 5.41 Å². The fraction of sp³-hybridized carbons (Fsp3) is 0.526. The molecule has 7 heteroatoms. The van der Waals surface area contributed by atoms with E-state index in [1.807, 2.05) is 0 Å². The van der Waals surface area contributed by atoms with Crippen LogP contribution in [0.1, 0.15) is 44.0 Å². The summed E-state index contributed by atoms with van der Waals surface area (Å²) in [5.41, 5.74) is 0.297. The number of hydrogen-bond donors (Lipinski definition) is 1. The van der Waals surface area contributed by atoms with E-state index >= 15 is 0 Å². The monoisotopic (exact) mass is 356 g/mol. The van der Waals surface area contributed by atoms with Crippen molar-refractivity contribution in [3.63, 3.8) is 0 Å². The molecule has 2 aliphatic heterocycles. The zero-order chi connectivity index (χ0) is 18.1. The summed E-state index contributed by atoms with van der Waals surface area (Å²) < 4.78 is 18.8. The summed E-state index contributed by atoms with van der Waals surface area (Å²) >= 11 is 0. The number of carbonyl (C=O) groups excluding carboxylic acids is 1. The Bertz CT molecular complexity index is 866. The number of piperidine rings is 1. The molecule has 0 saturated carbocycles. The number of amides is 1. The van der Waals surface area contributed by atoms with Crippen LogP contribution in [-0.4, -0.2) is 40.5 Å². The molecule has 2 fully saturated rings. The van der Waals surface area contributed by atoms with Gasteiger partial charge in [0, 0.05) is 19.8 Å². The number of rotatable bonds is 2. The normalized spacial score (nSPS) is 22.9. The molecule has 1 aromatic heterocycles. The van der Waals surface area contributed by atoms with E-state index in [0.717, 1.165) is 19.3 Å². The van der Waals surface area contributed by atoms with Crippen LogP contribution in [0.3, 0.4) is 0 Å². The first-order valence-electron chi connectivity index (χ1n) is 9.08. The number of halogens is 1. The molecule has 1 N–H and O–H groups in total. The number of nitrogens with one attached hydrogen (secondary N) is 1. The number of aromatic amines is 1. The molecule has 3 heterocycles. The second-order valence-corrected chi connectivity index (χ2v) is 7.10. The van der Waals surface area contributed by atoms with Gasteiger partial charge in [0.05, 0.1) is 23.1 Å². The van der Waals surface area contributed by atoms with E-state index in [4.69, 9.17) is 4.74 Å². The second-order valence-electron chi connectivity index (χ2n) is 7.10. The van der Waals surface area contributed by atoms with Gasteiger partial charge in [0.1, 0.15) is 17.1 Å². The highest BCUT2D eigenvalue weighted by molar-refractivity contribution is 5.86. The third-order valence-corrected chi connectivity index (χ3v) is 5.51. The molecular formula is C19H21FN4O2. The Morgan fingerprint density at radius 2 is 2.19 bits per heavy atom. The van der Waals surface area contributed by atoms with E-state index in [-0.39, 0.29) is 17.8 Å². The molecule has 4 rings (SSSR count). The predicted molar refractivity (Wildman–Crippen MR) is 92.5 cm³/mol. The van der Waals surface area contributed by atoms with Crippen molar-refractivity contribution in [2.45, 2.75) is 38.1 Å². The number of hydrogen-bond acceptors (Lipinski definition) is 4. The van der Waals surface area contributed by atoms with Gasteiger partial charge in [0.2, 0.25) is 5.91 Å². The van der Waals surface area contributed by atoms with Gasteiger partial charge in [0.15, 0.2) is 0 Å². The Kier molecular flexibility index (Phi) is 4.37. The maximum absolute atomic E-state index is 13.5. The maximum Gasteiger partial charge on any atom is 0.243 e. The number of nitrogens with zero attached hydrogens (tertiary/aromatic N) is 3. The van der Waals surface area contributed by atoms with Crippen LogP contribution in [0.25, 0.3) is 11.0 Å². The van der Waals surface area contributed by atoms with Crippen LogP contribution in [0, 0.1) is 22.6 Å². The molecule has 0 spiro atoms. The average Bonchev–Trinajstić information content (AvgIpc) is 3.11. The molecule has 0 unspecified atom stereocenters. The highest BCUT2D eigenvalue weighted by atomic mass is 19.1. The molecule has 0 bridgehead atoms. The molecule has 6 nitrogen and oxygen atoms in total. The largest absolute Gasteiger partial charge is 0.381 e. The van der Waals surface area contributed by atoms with Gasteiger partial charge in [-0.1, -0.05) is 0 Å². The van der Waals surface area contributed by atoms with Gasteiger partial charge in [-0.3, -0.25) is 4.79 Å². The zero-order valence-corrected chi connectivity index (χ0v) is 14.5. The van der Waals surface area contributed by atoms with Gasteiger partial charge in [-0.05, 0) is 50.3 Å². The number of benzene rings is 1. The third kappa shape index (κ3) is 2.84. The topological polar surface area (TPSA) is 82.0 Å². The Hall–Kier alpha value is -2.46. The minimum atomic E-state index is -1.01. The van der Waals surface area contributed by atoms with Crippen LogP contribution in [-0.2, 0) is 9.53 Å². The Morgan fingerprint density at radius 3 is 2.96 bits per heavy atom. The fourth-order valence-electron chi connectivity index (χ4n) is 3.99. The van der Waals surface area contributed by atoms with Gasteiger partial charge in [-0.25, -0.2) is 9.37 Å². The molecule has 0 aliphatic carbocycles. The summed E-state index contributed by atoms with van der Waals surface area (Å²) in [6.45, 7) is 1.47. The number of fused-ring (bicyclic) bond motifs is 1. The van der Waals surface area contributed by atoms with Crippen molar-refractivity contribution < 1.29 is 13.9 Å². The minimum Gasteiger partial charge on any atom is -0.381 e. The van der Waals surface area contributed by atoms with Gasteiger partial charge in [-0.2, -0.15) is 5.26 Å². The van der Waals surface area contributed by atoms with Crippen molar-refractivity contribution >= 4 is 16.9 Å². The van der Waals surface area contributed by atoms with Gasteiger partial charge in [-0.15, -0.1) is 0 Å². The lowest BCUT2D eigenvalue weighted by atomic mass is 9.79. The molecule has 2 aliphatic rings. The van der Waals surface area contributed by atoms with Crippen LogP contribution >= 0.6 is 0 Å². The van der Waals surface area contributed by atoms with Crippen LogP contribution in [0.4, 0.5) is 4.39 Å².